The number of fused-ring (bicyclic) bond motifs is 1. The molecule has 2 aliphatic rings. The number of nitrogens with zero attached hydrogens (tertiary/aromatic N) is 2. The van der Waals surface area contributed by atoms with Gasteiger partial charge in [-0.15, -0.1) is 0 Å². The number of rotatable bonds is 0. The van der Waals surface area contributed by atoms with E-state index in [0.717, 1.165) is 6.54 Å². The van der Waals surface area contributed by atoms with Gasteiger partial charge in [-0.05, 0) is 0 Å². The van der Waals surface area contributed by atoms with Gasteiger partial charge in [-0.3, -0.25) is 9.98 Å². The van der Waals surface area contributed by atoms with Crippen molar-refractivity contribution in [2.75, 3.05) is 6.54 Å². The van der Waals surface area contributed by atoms with Crippen LogP contribution in [0.3, 0.4) is 0 Å². The molecule has 0 saturated carbocycles. The van der Waals surface area contributed by atoms with E-state index in [-0.39, 0.29) is 5.41 Å². The van der Waals surface area contributed by atoms with Gasteiger partial charge >= 0.3 is 0 Å². The van der Waals surface area contributed by atoms with Gasteiger partial charge in [0.1, 0.15) is 0 Å². The molecule has 0 spiro atoms. The van der Waals surface area contributed by atoms with Crippen LogP contribution in [0.4, 0.5) is 0 Å². The number of hydrogen-bond donors (Lipinski definition) is 0. The van der Waals surface area contributed by atoms with Gasteiger partial charge in [-0.2, -0.15) is 0 Å². The number of allylic oxidation sites excluding steroid dienone is 1. The van der Waals surface area contributed by atoms with E-state index < -0.39 is 0 Å². The largest absolute Gasteiger partial charge is 0.292 e. The van der Waals surface area contributed by atoms with Gasteiger partial charge in [0.2, 0.25) is 0 Å². The van der Waals surface area contributed by atoms with Crippen LogP contribution in [0.2, 0.25) is 0 Å². The molecule has 2 atom stereocenters. The normalized spacial score (nSPS) is 31.8. The molecule has 0 N–H and O–H groups in total. The third-order valence-electron chi connectivity index (χ3n) is 2.67. The maximum Gasteiger partial charge on any atom is 0.0476 e. The lowest BCUT2D eigenvalue weighted by molar-refractivity contribution is 0.554. The van der Waals surface area contributed by atoms with Crippen LogP contribution in [0.1, 0.15) is 20.8 Å². The zero-order chi connectivity index (χ0) is 9.47. The molecule has 0 aromatic rings. The third kappa shape index (κ3) is 1.45. The molecule has 2 heteroatoms. The van der Waals surface area contributed by atoms with Crippen LogP contribution in [0.15, 0.2) is 22.3 Å². The van der Waals surface area contributed by atoms with Crippen molar-refractivity contribution in [1.29, 1.82) is 0 Å². The summed E-state index contributed by atoms with van der Waals surface area (Å²) in [5.74, 6) is 1.04. The summed E-state index contributed by atoms with van der Waals surface area (Å²) in [6.07, 6.45) is 6.11. The molecule has 2 nitrogen and oxygen atoms in total. The SMILES string of the molecule is CC(C)(C)C1=NCC2C=NC=CC12. The first-order valence-electron chi connectivity index (χ1n) is 4.84. The van der Waals surface area contributed by atoms with Crippen molar-refractivity contribution in [3.63, 3.8) is 0 Å². The Kier molecular flexibility index (Phi) is 1.86. The van der Waals surface area contributed by atoms with Crippen molar-refractivity contribution >= 4 is 11.9 Å². The van der Waals surface area contributed by atoms with Gasteiger partial charge in [0.05, 0.1) is 0 Å². The van der Waals surface area contributed by atoms with Crippen molar-refractivity contribution in [3.05, 3.63) is 12.3 Å². The second-order valence-corrected chi connectivity index (χ2v) is 4.81. The monoisotopic (exact) mass is 176 g/mol. The van der Waals surface area contributed by atoms with Gasteiger partial charge in [-0.25, -0.2) is 0 Å². The van der Waals surface area contributed by atoms with Crippen molar-refractivity contribution in [2.45, 2.75) is 20.8 Å². The van der Waals surface area contributed by atoms with Gasteiger partial charge in [0.25, 0.3) is 0 Å². The standard InChI is InChI=1S/C11H16N2/c1-11(2,3)10-9-4-5-12-6-8(9)7-13-10/h4-6,8-9H,7H2,1-3H3. The average Bonchev–Trinajstić information content (AvgIpc) is 2.45. The molecule has 0 aromatic carbocycles. The molecule has 2 rings (SSSR count). The molecule has 0 radical (unpaired) electrons. The molecule has 0 amide bonds. The summed E-state index contributed by atoms with van der Waals surface area (Å²) in [5, 5.41) is 0. The van der Waals surface area contributed by atoms with Crippen molar-refractivity contribution in [1.82, 2.24) is 0 Å². The van der Waals surface area contributed by atoms with E-state index in [9.17, 15) is 0 Å². The van der Waals surface area contributed by atoms with Crippen LogP contribution in [0.25, 0.3) is 0 Å². The highest BCUT2D eigenvalue weighted by atomic mass is 14.8. The van der Waals surface area contributed by atoms with E-state index in [1.165, 1.54) is 5.71 Å². The first kappa shape index (κ1) is 8.67. The molecule has 0 aromatic heterocycles. The van der Waals surface area contributed by atoms with E-state index >= 15 is 0 Å². The quantitative estimate of drug-likeness (QED) is 0.541. The smallest absolute Gasteiger partial charge is 0.0476 e. The van der Waals surface area contributed by atoms with E-state index in [4.69, 9.17) is 0 Å². The Balaban J connectivity index is 2.25. The number of hydrogen-bond acceptors (Lipinski definition) is 2. The van der Waals surface area contributed by atoms with Crippen LogP contribution >= 0.6 is 0 Å². The maximum absolute atomic E-state index is 4.63. The zero-order valence-corrected chi connectivity index (χ0v) is 8.49. The summed E-state index contributed by atoms with van der Waals surface area (Å²) in [4.78, 5) is 8.78. The molecule has 2 heterocycles. The van der Waals surface area contributed by atoms with Gasteiger partial charge in [0.15, 0.2) is 0 Å². The Morgan fingerprint density at radius 1 is 1.38 bits per heavy atom. The van der Waals surface area contributed by atoms with Gasteiger partial charge in [-0.1, -0.05) is 26.8 Å². The van der Waals surface area contributed by atoms with E-state index in [1.807, 2.05) is 12.4 Å². The van der Waals surface area contributed by atoms with Crippen molar-refractivity contribution in [2.24, 2.45) is 27.2 Å². The lowest BCUT2D eigenvalue weighted by Crippen LogP contribution is -2.29. The average molecular weight is 176 g/mol. The molecule has 2 aliphatic heterocycles. The molecule has 2 unspecified atom stereocenters. The Labute approximate surface area is 79.5 Å². The third-order valence-corrected chi connectivity index (χ3v) is 2.67. The Bertz CT molecular complexity index is 292. The molecule has 0 aliphatic carbocycles. The predicted molar refractivity (Wildman–Crippen MR) is 56.4 cm³/mol. The molecular formula is C11H16N2. The highest BCUT2D eigenvalue weighted by Crippen LogP contribution is 2.33. The summed E-state index contributed by atoms with van der Waals surface area (Å²) in [7, 11) is 0. The van der Waals surface area contributed by atoms with E-state index in [2.05, 4.69) is 36.8 Å². The Morgan fingerprint density at radius 3 is 2.85 bits per heavy atom. The summed E-state index contributed by atoms with van der Waals surface area (Å²) < 4.78 is 0. The van der Waals surface area contributed by atoms with Crippen LogP contribution in [-0.4, -0.2) is 18.5 Å². The van der Waals surface area contributed by atoms with E-state index in [1.54, 1.807) is 0 Å². The first-order chi connectivity index (χ1) is 6.09. The fraction of sp³-hybridized carbons (Fsp3) is 0.636. The van der Waals surface area contributed by atoms with E-state index in [0.29, 0.717) is 11.8 Å². The highest BCUT2D eigenvalue weighted by molar-refractivity contribution is 5.97. The predicted octanol–water partition coefficient (Wildman–Crippen LogP) is 2.32. The Morgan fingerprint density at radius 2 is 2.15 bits per heavy atom. The van der Waals surface area contributed by atoms with Crippen molar-refractivity contribution in [3.8, 4) is 0 Å². The number of aliphatic imine (C=N–C) groups is 2. The van der Waals surface area contributed by atoms with Crippen LogP contribution < -0.4 is 0 Å². The minimum Gasteiger partial charge on any atom is -0.292 e. The molecule has 0 bridgehead atoms. The zero-order valence-electron chi connectivity index (χ0n) is 8.49. The van der Waals surface area contributed by atoms with Crippen LogP contribution in [0, 0.1) is 17.3 Å². The minimum atomic E-state index is 0.203. The lowest BCUT2D eigenvalue weighted by atomic mass is 9.78. The summed E-state index contributed by atoms with van der Waals surface area (Å²) in [5.41, 5.74) is 1.54. The summed E-state index contributed by atoms with van der Waals surface area (Å²) in [6, 6.07) is 0. The lowest BCUT2D eigenvalue weighted by Gasteiger charge is -2.25. The Hall–Kier alpha value is -0.920. The molecule has 0 saturated heterocycles. The second kappa shape index (κ2) is 2.79. The fourth-order valence-corrected chi connectivity index (χ4v) is 2.04. The minimum absolute atomic E-state index is 0.203. The van der Waals surface area contributed by atoms with Gasteiger partial charge in [0, 0.05) is 41.9 Å². The summed E-state index contributed by atoms with van der Waals surface area (Å²) in [6.45, 7) is 7.61. The van der Waals surface area contributed by atoms with Crippen LogP contribution in [0.5, 0.6) is 0 Å². The van der Waals surface area contributed by atoms with Gasteiger partial charge < -0.3 is 0 Å². The second-order valence-electron chi connectivity index (χ2n) is 4.81. The summed E-state index contributed by atoms with van der Waals surface area (Å²) >= 11 is 0. The van der Waals surface area contributed by atoms with Crippen LogP contribution in [-0.2, 0) is 0 Å². The van der Waals surface area contributed by atoms with Crippen molar-refractivity contribution < 1.29 is 0 Å². The molecule has 70 valence electrons. The first-order valence-corrected chi connectivity index (χ1v) is 4.84. The molecule has 0 fully saturated rings. The molecular weight excluding hydrogens is 160 g/mol. The highest BCUT2D eigenvalue weighted by Gasteiger charge is 2.35. The fourth-order valence-electron chi connectivity index (χ4n) is 2.04. The topological polar surface area (TPSA) is 24.7 Å². The maximum atomic E-state index is 4.63. The molecule has 13 heavy (non-hydrogen) atoms.